The zero-order chi connectivity index (χ0) is 19.4. The highest BCUT2D eigenvalue weighted by Gasteiger charge is 2.17. The van der Waals surface area contributed by atoms with E-state index in [1.165, 1.54) is 30.5 Å². The van der Waals surface area contributed by atoms with Gasteiger partial charge in [-0.05, 0) is 36.4 Å². The molecule has 1 heterocycles. The minimum absolute atomic E-state index is 0.0281. The average Bonchev–Trinajstić information content (AvgIpc) is 3.12. The minimum Gasteiger partial charge on any atom is -0.507 e. The van der Waals surface area contributed by atoms with Crippen molar-refractivity contribution < 1.29 is 19.2 Å². The molecule has 0 fully saturated rings. The van der Waals surface area contributed by atoms with Crippen LogP contribution in [0, 0.1) is 10.1 Å². The summed E-state index contributed by atoms with van der Waals surface area (Å²) in [4.78, 5) is 22.6. The quantitative estimate of drug-likeness (QED) is 0.391. The second-order valence-corrected chi connectivity index (χ2v) is 5.77. The summed E-state index contributed by atoms with van der Waals surface area (Å²) in [6.45, 7) is 0. The number of halogens is 1. The van der Waals surface area contributed by atoms with Crippen LogP contribution in [0.15, 0.2) is 64.1 Å². The van der Waals surface area contributed by atoms with E-state index in [1.807, 2.05) is 0 Å². The van der Waals surface area contributed by atoms with Gasteiger partial charge in [-0.15, -0.1) is 0 Å². The topological polar surface area (TPSA) is 118 Å². The molecule has 0 unspecified atom stereocenters. The fourth-order valence-electron chi connectivity index (χ4n) is 2.31. The first kappa shape index (κ1) is 18.2. The average molecular weight is 386 g/mol. The van der Waals surface area contributed by atoms with Crippen LogP contribution in [0.3, 0.4) is 0 Å². The van der Waals surface area contributed by atoms with Gasteiger partial charge in [-0.3, -0.25) is 14.9 Å². The van der Waals surface area contributed by atoms with Gasteiger partial charge in [0.1, 0.15) is 17.3 Å². The van der Waals surface area contributed by atoms with E-state index >= 15 is 0 Å². The Hall–Kier alpha value is -3.65. The standard InChI is InChI=1S/C18H12ClN3O5/c19-11-5-7-16(23)14(9-11)18(24)21-20-10-12-6-8-17(27-12)13-3-1-2-4-15(13)22(25)26/h1-10,23H,(H,21,24). The number of carbonyl (C=O) groups excluding carboxylic acids is 1. The normalized spacial score (nSPS) is 10.9. The van der Waals surface area contributed by atoms with Crippen LogP contribution in [0.2, 0.25) is 5.02 Å². The summed E-state index contributed by atoms with van der Waals surface area (Å²) in [7, 11) is 0. The highest BCUT2D eigenvalue weighted by Crippen LogP contribution is 2.30. The van der Waals surface area contributed by atoms with Crippen molar-refractivity contribution in [2.75, 3.05) is 0 Å². The van der Waals surface area contributed by atoms with E-state index in [9.17, 15) is 20.0 Å². The number of hydrazone groups is 1. The summed E-state index contributed by atoms with van der Waals surface area (Å²) in [5.41, 5.74) is 2.46. The van der Waals surface area contributed by atoms with Crippen LogP contribution < -0.4 is 5.43 Å². The lowest BCUT2D eigenvalue weighted by atomic mass is 10.1. The Bertz CT molecular complexity index is 1040. The number of nitrogens with zero attached hydrogens (tertiary/aromatic N) is 2. The molecule has 0 radical (unpaired) electrons. The number of furan rings is 1. The minimum atomic E-state index is -0.656. The molecule has 1 aromatic heterocycles. The second kappa shape index (κ2) is 7.71. The highest BCUT2D eigenvalue weighted by atomic mass is 35.5. The van der Waals surface area contributed by atoms with Gasteiger partial charge in [0.05, 0.1) is 22.3 Å². The summed E-state index contributed by atoms with van der Waals surface area (Å²) in [5, 5.41) is 24.8. The van der Waals surface area contributed by atoms with E-state index in [0.717, 1.165) is 0 Å². The van der Waals surface area contributed by atoms with Gasteiger partial charge in [0, 0.05) is 11.1 Å². The maximum absolute atomic E-state index is 12.0. The van der Waals surface area contributed by atoms with E-state index in [-0.39, 0.29) is 22.8 Å². The molecule has 0 bridgehead atoms. The fourth-order valence-corrected chi connectivity index (χ4v) is 2.49. The van der Waals surface area contributed by atoms with Gasteiger partial charge in [-0.1, -0.05) is 23.7 Å². The molecule has 3 rings (SSSR count). The van der Waals surface area contributed by atoms with Crippen LogP contribution in [0.25, 0.3) is 11.3 Å². The van der Waals surface area contributed by atoms with E-state index in [0.29, 0.717) is 16.3 Å². The number of benzene rings is 2. The van der Waals surface area contributed by atoms with Crippen molar-refractivity contribution in [2.45, 2.75) is 0 Å². The van der Waals surface area contributed by atoms with Gasteiger partial charge in [0.25, 0.3) is 11.6 Å². The molecule has 136 valence electrons. The Morgan fingerprint density at radius 3 is 2.78 bits per heavy atom. The number of hydrogen-bond donors (Lipinski definition) is 2. The number of phenols is 1. The monoisotopic (exact) mass is 385 g/mol. The third kappa shape index (κ3) is 4.13. The van der Waals surface area contributed by atoms with Crippen LogP contribution >= 0.6 is 11.6 Å². The maximum Gasteiger partial charge on any atom is 0.280 e. The highest BCUT2D eigenvalue weighted by molar-refractivity contribution is 6.31. The number of rotatable bonds is 5. The molecule has 0 aliphatic heterocycles. The lowest BCUT2D eigenvalue weighted by Gasteiger charge is -2.02. The molecule has 1 amide bonds. The molecule has 0 saturated carbocycles. The molecule has 8 nitrogen and oxygen atoms in total. The predicted molar refractivity (Wildman–Crippen MR) is 99.0 cm³/mol. The van der Waals surface area contributed by atoms with Crippen molar-refractivity contribution in [2.24, 2.45) is 5.10 Å². The molecule has 0 saturated heterocycles. The van der Waals surface area contributed by atoms with Gasteiger partial charge >= 0.3 is 0 Å². The van der Waals surface area contributed by atoms with E-state index < -0.39 is 10.8 Å². The zero-order valence-electron chi connectivity index (χ0n) is 13.6. The number of phenolic OH excluding ortho intramolecular Hbond substituents is 1. The van der Waals surface area contributed by atoms with Gasteiger partial charge in [0.15, 0.2) is 0 Å². The van der Waals surface area contributed by atoms with Crippen LogP contribution in [-0.4, -0.2) is 22.2 Å². The Morgan fingerprint density at radius 1 is 1.22 bits per heavy atom. The van der Waals surface area contributed by atoms with Crippen molar-refractivity contribution in [1.29, 1.82) is 0 Å². The van der Waals surface area contributed by atoms with Crippen LogP contribution in [0.1, 0.15) is 16.1 Å². The molecular formula is C18H12ClN3O5. The Morgan fingerprint density at radius 2 is 2.00 bits per heavy atom. The van der Waals surface area contributed by atoms with Gasteiger partial charge in [-0.25, -0.2) is 5.43 Å². The number of aromatic hydroxyl groups is 1. The SMILES string of the molecule is O=C(NN=Cc1ccc(-c2ccccc2[N+](=O)[O-])o1)c1cc(Cl)ccc1O. The fraction of sp³-hybridized carbons (Fsp3) is 0. The van der Waals surface area contributed by atoms with E-state index in [2.05, 4.69) is 10.5 Å². The lowest BCUT2D eigenvalue weighted by Crippen LogP contribution is -2.17. The third-order valence-corrected chi connectivity index (χ3v) is 3.79. The van der Waals surface area contributed by atoms with E-state index in [1.54, 1.807) is 30.3 Å². The van der Waals surface area contributed by atoms with Crippen molar-refractivity contribution in [3.8, 4) is 17.1 Å². The number of hydrogen-bond acceptors (Lipinski definition) is 6. The molecule has 2 aromatic carbocycles. The first-order valence-electron chi connectivity index (χ1n) is 7.61. The summed E-state index contributed by atoms with van der Waals surface area (Å²) >= 11 is 5.79. The third-order valence-electron chi connectivity index (χ3n) is 3.55. The van der Waals surface area contributed by atoms with Crippen molar-refractivity contribution in [3.05, 3.63) is 81.1 Å². The summed E-state index contributed by atoms with van der Waals surface area (Å²) in [6, 6.07) is 13.3. The maximum atomic E-state index is 12.0. The first-order chi connectivity index (χ1) is 13.0. The molecule has 2 N–H and O–H groups in total. The molecule has 0 aliphatic carbocycles. The molecule has 3 aromatic rings. The van der Waals surface area contributed by atoms with Gasteiger partial charge < -0.3 is 9.52 Å². The number of para-hydroxylation sites is 1. The Labute approximate surface area is 157 Å². The van der Waals surface area contributed by atoms with Gasteiger partial charge in [0.2, 0.25) is 0 Å². The molecule has 9 heteroatoms. The summed E-state index contributed by atoms with van der Waals surface area (Å²) in [5.74, 6) is -0.318. The zero-order valence-corrected chi connectivity index (χ0v) is 14.4. The largest absolute Gasteiger partial charge is 0.507 e. The van der Waals surface area contributed by atoms with Crippen molar-refractivity contribution >= 4 is 29.4 Å². The van der Waals surface area contributed by atoms with Crippen LogP contribution in [0.4, 0.5) is 5.69 Å². The Kier molecular flexibility index (Phi) is 5.18. The first-order valence-corrected chi connectivity index (χ1v) is 7.99. The molecule has 0 spiro atoms. The second-order valence-electron chi connectivity index (χ2n) is 5.34. The van der Waals surface area contributed by atoms with Crippen molar-refractivity contribution in [3.63, 3.8) is 0 Å². The Balaban J connectivity index is 1.74. The van der Waals surface area contributed by atoms with E-state index in [4.69, 9.17) is 16.0 Å². The number of amides is 1. The number of nitro benzene ring substituents is 1. The molecule has 27 heavy (non-hydrogen) atoms. The van der Waals surface area contributed by atoms with Crippen LogP contribution in [0.5, 0.6) is 5.75 Å². The summed E-state index contributed by atoms with van der Waals surface area (Å²) in [6.07, 6.45) is 1.23. The molecule has 0 aliphatic rings. The smallest absolute Gasteiger partial charge is 0.280 e. The predicted octanol–water partition coefficient (Wildman–Crippen LogP) is 3.98. The van der Waals surface area contributed by atoms with Gasteiger partial charge in [-0.2, -0.15) is 5.10 Å². The number of carbonyl (C=O) groups is 1. The molecular weight excluding hydrogens is 374 g/mol. The summed E-state index contributed by atoms with van der Waals surface area (Å²) < 4.78 is 5.52. The number of nitro groups is 1. The number of nitrogens with one attached hydrogen (secondary N) is 1. The van der Waals surface area contributed by atoms with Crippen molar-refractivity contribution in [1.82, 2.24) is 5.43 Å². The molecule has 0 atom stereocenters. The van der Waals surface area contributed by atoms with Crippen LogP contribution in [-0.2, 0) is 0 Å². The lowest BCUT2D eigenvalue weighted by molar-refractivity contribution is -0.384.